The molecule has 2 rings (SSSR count). The van der Waals surface area contributed by atoms with Crippen molar-refractivity contribution >= 4 is 5.65 Å². The molecule has 4 nitrogen and oxygen atoms in total. The van der Waals surface area contributed by atoms with Crippen LogP contribution < -0.4 is 0 Å². The molecular formula is C12H17N3O. The molecule has 2 aromatic heterocycles. The molecule has 2 heterocycles. The van der Waals surface area contributed by atoms with Gasteiger partial charge in [0.25, 0.3) is 0 Å². The number of aromatic nitrogens is 2. The molecule has 0 spiro atoms. The fourth-order valence-electron chi connectivity index (χ4n) is 1.86. The third kappa shape index (κ3) is 2.08. The molecule has 2 aromatic rings. The van der Waals surface area contributed by atoms with Gasteiger partial charge in [-0.2, -0.15) is 0 Å². The van der Waals surface area contributed by atoms with Gasteiger partial charge >= 0.3 is 0 Å². The van der Waals surface area contributed by atoms with E-state index in [-0.39, 0.29) is 6.61 Å². The van der Waals surface area contributed by atoms with Gasteiger partial charge in [0.15, 0.2) is 0 Å². The van der Waals surface area contributed by atoms with Gasteiger partial charge in [-0.25, -0.2) is 4.98 Å². The molecule has 0 atom stereocenters. The molecule has 1 N–H and O–H groups in total. The molecule has 0 aromatic carbocycles. The predicted molar refractivity (Wildman–Crippen MR) is 63.3 cm³/mol. The Labute approximate surface area is 95.1 Å². The van der Waals surface area contributed by atoms with Crippen molar-refractivity contribution in [2.24, 2.45) is 0 Å². The lowest BCUT2D eigenvalue weighted by Crippen LogP contribution is -2.22. The van der Waals surface area contributed by atoms with Crippen LogP contribution in [0.2, 0.25) is 0 Å². The minimum absolute atomic E-state index is 0.187. The summed E-state index contributed by atoms with van der Waals surface area (Å²) >= 11 is 0. The van der Waals surface area contributed by atoms with E-state index in [0.717, 1.165) is 17.9 Å². The number of pyridine rings is 1. The first-order valence-electron chi connectivity index (χ1n) is 5.44. The fourth-order valence-corrected chi connectivity index (χ4v) is 1.86. The average Bonchev–Trinajstić information content (AvgIpc) is 2.56. The maximum atomic E-state index is 8.88. The first kappa shape index (κ1) is 11.1. The second-order valence-corrected chi connectivity index (χ2v) is 4.03. The largest absolute Gasteiger partial charge is 0.395 e. The summed E-state index contributed by atoms with van der Waals surface area (Å²) in [7, 11) is 2.00. The summed E-state index contributed by atoms with van der Waals surface area (Å²) in [6.07, 6.45) is 2.03. The Morgan fingerprint density at radius 1 is 1.44 bits per heavy atom. The van der Waals surface area contributed by atoms with E-state index in [4.69, 9.17) is 5.11 Å². The van der Waals surface area contributed by atoms with E-state index < -0.39 is 0 Å². The summed E-state index contributed by atoms with van der Waals surface area (Å²) in [4.78, 5) is 6.59. The lowest BCUT2D eigenvalue weighted by atomic mass is 10.3. The van der Waals surface area contributed by atoms with Gasteiger partial charge in [-0.05, 0) is 26.1 Å². The number of rotatable bonds is 4. The van der Waals surface area contributed by atoms with E-state index in [1.807, 2.05) is 38.4 Å². The summed E-state index contributed by atoms with van der Waals surface area (Å²) in [5.41, 5.74) is 3.22. The minimum atomic E-state index is 0.187. The van der Waals surface area contributed by atoms with Crippen molar-refractivity contribution in [2.75, 3.05) is 20.2 Å². The number of hydrogen-bond donors (Lipinski definition) is 1. The molecule has 0 radical (unpaired) electrons. The zero-order valence-corrected chi connectivity index (χ0v) is 9.72. The molecule has 4 heteroatoms. The Kier molecular flexibility index (Phi) is 3.22. The summed E-state index contributed by atoms with van der Waals surface area (Å²) < 4.78 is 2.10. The normalized spacial score (nSPS) is 11.5. The maximum absolute atomic E-state index is 8.88. The monoisotopic (exact) mass is 219 g/mol. The van der Waals surface area contributed by atoms with Gasteiger partial charge in [-0.1, -0.05) is 6.07 Å². The molecule has 86 valence electrons. The van der Waals surface area contributed by atoms with Crippen LogP contribution in [0.1, 0.15) is 11.4 Å². The fraction of sp³-hybridized carbons (Fsp3) is 0.417. The van der Waals surface area contributed by atoms with Crippen molar-refractivity contribution in [1.29, 1.82) is 0 Å². The van der Waals surface area contributed by atoms with E-state index in [2.05, 4.69) is 14.3 Å². The van der Waals surface area contributed by atoms with E-state index in [1.165, 1.54) is 5.69 Å². The zero-order valence-electron chi connectivity index (χ0n) is 9.72. The number of nitrogens with zero attached hydrogens (tertiary/aromatic N) is 3. The number of hydrogen-bond acceptors (Lipinski definition) is 3. The second-order valence-electron chi connectivity index (χ2n) is 4.03. The van der Waals surface area contributed by atoms with Crippen LogP contribution in [0.5, 0.6) is 0 Å². The van der Waals surface area contributed by atoms with Crippen molar-refractivity contribution in [3.63, 3.8) is 0 Å². The van der Waals surface area contributed by atoms with E-state index >= 15 is 0 Å². The quantitative estimate of drug-likeness (QED) is 0.836. The summed E-state index contributed by atoms with van der Waals surface area (Å²) in [6.45, 7) is 3.69. The molecule has 0 aliphatic carbocycles. The topological polar surface area (TPSA) is 40.8 Å². The Morgan fingerprint density at radius 2 is 2.25 bits per heavy atom. The van der Waals surface area contributed by atoms with Gasteiger partial charge in [0.05, 0.1) is 18.0 Å². The maximum Gasteiger partial charge on any atom is 0.137 e. The molecule has 0 saturated heterocycles. The molecule has 0 bridgehead atoms. The highest BCUT2D eigenvalue weighted by Gasteiger charge is 2.09. The van der Waals surface area contributed by atoms with Gasteiger partial charge in [0.1, 0.15) is 5.65 Å². The number of aryl methyl sites for hydroxylation is 1. The first-order valence-corrected chi connectivity index (χ1v) is 5.44. The summed E-state index contributed by atoms with van der Waals surface area (Å²) in [5.74, 6) is 0. The predicted octanol–water partition coefficient (Wildman–Crippen LogP) is 1.07. The van der Waals surface area contributed by atoms with Gasteiger partial charge in [-0.3, -0.25) is 4.90 Å². The van der Waals surface area contributed by atoms with Crippen molar-refractivity contribution in [3.05, 3.63) is 35.8 Å². The minimum Gasteiger partial charge on any atom is -0.395 e. The number of likely N-dealkylation sites (N-methyl/N-ethyl adjacent to an activating group) is 1. The van der Waals surface area contributed by atoms with Crippen LogP contribution in [0.25, 0.3) is 5.65 Å². The third-order valence-corrected chi connectivity index (χ3v) is 2.73. The molecule has 0 saturated carbocycles. The molecular weight excluding hydrogens is 202 g/mol. The molecule has 0 aliphatic rings. The van der Waals surface area contributed by atoms with Crippen molar-refractivity contribution in [3.8, 4) is 0 Å². The van der Waals surface area contributed by atoms with Crippen LogP contribution >= 0.6 is 0 Å². The Morgan fingerprint density at radius 3 is 3.00 bits per heavy atom. The average molecular weight is 219 g/mol. The van der Waals surface area contributed by atoms with E-state index in [9.17, 15) is 0 Å². The lowest BCUT2D eigenvalue weighted by molar-refractivity contribution is 0.215. The van der Waals surface area contributed by atoms with Crippen LogP contribution in [0.3, 0.4) is 0 Å². The highest BCUT2D eigenvalue weighted by Crippen LogP contribution is 2.13. The molecule has 0 fully saturated rings. The Bertz CT molecular complexity index is 478. The Balaban J connectivity index is 2.32. The van der Waals surface area contributed by atoms with Crippen LogP contribution in [-0.2, 0) is 6.54 Å². The van der Waals surface area contributed by atoms with E-state index in [0.29, 0.717) is 6.54 Å². The highest BCUT2D eigenvalue weighted by molar-refractivity contribution is 5.42. The standard InChI is InChI=1S/C12H17N3O/c1-10-11(9-14(2)7-8-16)15-6-4-3-5-12(15)13-10/h3-6,16H,7-9H2,1-2H3. The van der Waals surface area contributed by atoms with Crippen molar-refractivity contribution in [1.82, 2.24) is 14.3 Å². The first-order chi connectivity index (χ1) is 7.72. The third-order valence-electron chi connectivity index (χ3n) is 2.73. The lowest BCUT2D eigenvalue weighted by Gasteiger charge is -2.15. The number of aliphatic hydroxyl groups excluding tert-OH is 1. The van der Waals surface area contributed by atoms with Crippen LogP contribution in [0, 0.1) is 6.92 Å². The van der Waals surface area contributed by atoms with Gasteiger partial charge < -0.3 is 9.51 Å². The van der Waals surface area contributed by atoms with E-state index in [1.54, 1.807) is 0 Å². The molecule has 0 amide bonds. The molecule has 0 aliphatic heterocycles. The Hall–Kier alpha value is -1.39. The number of fused-ring (bicyclic) bond motifs is 1. The molecule has 16 heavy (non-hydrogen) atoms. The summed E-state index contributed by atoms with van der Waals surface area (Å²) in [6, 6.07) is 6.00. The highest BCUT2D eigenvalue weighted by atomic mass is 16.3. The van der Waals surface area contributed by atoms with Crippen molar-refractivity contribution in [2.45, 2.75) is 13.5 Å². The number of imidazole rings is 1. The zero-order chi connectivity index (χ0) is 11.5. The van der Waals surface area contributed by atoms with Crippen LogP contribution in [-0.4, -0.2) is 39.6 Å². The van der Waals surface area contributed by atoms with Crippen molar-refractivity contribution < 1.29 is 5.11 Å². The number of aliphatic hydroxyl groups is 1. The SMILES string of the molecule is Cc1nc2ccccn2c1CN(C)CCO. The van der Waals surface area contributed by atoms with Gasteiger partial charge in [-0.15, -0.1) is 0 Å². The smallest absolute Gasteiger partial charge is 0.137 e. The van der Waals surface area contributed by atoms with Gasteiger partial charge in [0, 0.05) is 19.3 Å². The van der Waals surface area contributed by atoms with Gasteiger partial charge in [0.2, 0.25) is 0 Å². The van der Waals surface area contributed by atoms with Crippen LogP contribution in [0.15, 0.2) is 24.4 Å². The van der Waals surface area contributed by atoms with Crippen LogP contribution in [0.4, 0.5) is 0 Å². The second kappa shape index (κ2) is 4.63. The summed E-state index contributed by atoms with van der Waals surface area (Å²) in [5, 5.41) is 8.88. The molecule has 0 unspecified atom stereocenters.